The number of aromatic hydroxyl groups is 1. The van der Waals surface area contributed by atoms with Gasteiger partial charge in [0.2, 0.25) is 11.6 Å². The molecule has 5 atom stereocenters. The monoisotopic (exact) mass is 406 g/mol. The van der Waals surface area contributed by atoms with Crippen LogP contribution in [-0.2, 0) is 23.7 Å². The molecule has 0 radical (unpaired) electrons. The first-order valence-corrected chi connectivity index (χ1v) is 9.42. The average molecular weight is 406 g/mol. The minimum absolute atomic E-state index is 0.112. The molecule has 29 heavy (non-hydrogen) atoms. The van der Waals surface area contributed by atoms with Gasteiger partial charge in [-0.2, -0.15) is 0 Å². The number of carbonyl (C=O) groups excluding carboxylic acids is 1. The van der Waals surface area contributed by atoms with E-state index in [9.17, 15) is 9.90 Å². The normalized spacial score (nSPS) is 38.3. The standard InChI is InChI=1S/C21H26O8/c1-19-10-16-15(27-20(2,25-5)21(3,26-6)28-16)9-13(19)12-7-11(24-4)8-14(22)17(12)18(23)29-19/h7-9,15-16,22H,10H2,1-6H3/t15-,16-,19-,20+,21+/m1/s1. The number of rotatable bonds is 3. The molecule has 0 amide bonds. The van der Waals surface area contributed by atoms with Crippen LogP contribution in [0.3, 0.4) is 0 Å². The maximum atomic E-state index is 12.7. The fourth-order valence-electron chi connectivity index (χ4n) is 4.38. The summed E-state index contributed by atoms with van der Waals surface area (Å²) in [6, 6.07) is 3.11. The summed E-state index contributed by atoms with van der Waals surface area (Å²) < 4.78 is 34.7. The molecule has 0 spiro atoms. The highest BCUT2D eigenvalue weighted by Crippen LogP contribution is 2.51. The van der Waals surface area contributed by atoms with E-state index in [0.717, 1.165) is 5.57 Å². The Hall–Kier alpha value is -2.13. The lowest BCUT2D eigenvalue weighted by atomic mass is 9.74. The minimum atomic E-state index is -1.15. The largest absolute Gasteiger partial charge is 0.507 e. The predicted octanol–water partition coefficient (Wildman–Crippen LogP) is 2.63. The Kier molecular flexibility index (Phi) is 4.47. The van der Waals surface area contributed by atoms with Gasteiger partial charge >= 0.3 is 5.97 Å². The second kappa shape index (κ2) is 6.43. The van der Waals surface area contributed by atoms with Gasteiger partial charge in [-0.15, -0.1) is 0 Å². The molecular weight excluding hydrogens is 380 g/mol. The first-order valence-electron chi connectivity index (χ1n) is 9.42. The fourth-order valence-corrected chi connectivity index (χ4v) is 4.38. The Labute approximate surface area is 169 Å². The molecule has 1 saturated heterocycles. The van der Waals surface area contributed by atoms with Crippen molar-refractivity contribution in [2.75, 3.05) is 21.3 Å². The number of ether oxygens (including phenoxy) is 6. The molecule has 1 aromatic carbocycles. The van der Waals surface area contributed by atoms with Crippen molar-refractivity contribution in [1.29, 1.82) is 0 Å². The first-order chi connectivity index (χ1) is 13.6. The number of fused-ring (bicyclic) bond motifs is 4. The number of benzene rings is 1. The summed E-state index contributed by atoms with van der Waals surface area (Å²) in [5, 5.41) is 10.4. The lowest BCUT2D eigenvalue weighted by Gasteiger charge is -2.55. The van der Waals surface area contributed by atoms with E-state index in [-0.39, 0.29) is 11.3 Å². The van der Waals surface area contributed by atoms with E-state index in [2.05, 4.69) is 0 Å². The lowest BCUT2D eigenvalue weighted by Crippen LogP contribution is -2.66. The van der Waals surface area contributed by atoms with Crippen molar-refractivity contribution in [3.05, 3.63) is 29.3 Å². The van der Waals surface area contributed by atoms with Crippen molar-refractivity contribution in [2.24, 2.45) is 0 Å². The van der Waals surface area contributed by atoms with Gasteiger partial charge in [-0.25, -0.2) is 4.79 Å². The average Bonchev–Trinajstić information content (AvgIpc) is 2.67. The number of methoxy groups -OCH3 is 3. The number of esters is 1. The van der Waals surface area contributed by atoms with Crippen LogP contribution < -0.4 is 4.74 Å². The SMILES string of the molecule is COc1cc(O)c2c(c1)C1=C[C@H]3O[C@](C)(OC)[C@@](C)(OC)O[C@@H]3C[C@@]1(C)OC2=O. The third-order valence-electron chi connectivity index (χ3n) is 6.34. The van der Waals surface area contributed by atoms with Crippen LogP contribution in [0.15, 0.2) is 18.2 Å². The molecule has 0 saturated carbocycles. The number of carbonyl (C=O) groups is 1. The molecule has 4 rings (SSSR count). The maximum absolute atomic E-state index is 12.7. The summed E-state index contributed by atoms with van der Waals surface area (Å²) in [7, 11) is 4.56. The highest BCUT2D eigenvalue weighted by atomic mass is 16.8. The number of hydrogen-bond donors (Lipinski definition) is 1. The van der Waals surface area contributed by atoms with E-state index in [1.165, 1.54) is 27.4 Å². The van der Waals surface area contributed by atoms with Gasteiger partial charge in [-0.1, -0.05) is 0 Å². The molecular formula is C21H26O8. The van der Waals surface area contributed by atoms with Crippen LogP contribution in [0.25, 0.3) is 5.57 Å². The number of phenolic OH excluding ortho intramolecular Hbond substituents is 1. The van der Waals surface area contributed by atoms with Crippen molar-refractivity contribution in [2.45, 2.75) is 56.6 Å². The summed E-state index contributed by atoms with van der Waals surface area (Å²) in [6.45, 7) is 5.33. The zero-order valence-electron chi connectivity index (χ0n) is 17.4. The summed E-state index contributed by atoms with van der Waals surface area (Å²) in [6.07, 6.45) is 1.32. The van der Waals surface area contributed by atoms with Crippen molar-refractivity contribution in [3.63, 3.8) is 0 Å². The third kappa shape index (κ3) is 2.78. The van der Waals surface area contributed by atoms with Gasteiger partial charge in [0.1, 0.15) is 28.8 Å². The summed E-state index contributed by atoms with van der Waals surface area (Å²) in [5.41, 5.74) is 0.441. The Balaban J connectivity index is 1.84. The van der Waals surface area contributed by atoms with Gasteiger partial charge < -0.3 is 33.5 Å². The molecule has 1 N–H and O–H groups in total. The first kappa shape index (κ1) is 20.2. The Morgan fingerprint density at radius 1 is 1.07 bits per heavy atom. The van der Waals surface area contributed by atoms with Gasteiger partial charge in [-0.05, 0) is 32.9 Å². The van der Waals surface area contributed by atoms with Gasteiger partial charge in [0.05, 0.1) is 13.2 Å². The van der Waals surface area contributed by atoms with Crippen LogP contribution in [-0.4, -0.2) is 61.8 Å². The van der Waals surface area contributed by atoms with Crippen LogP contribution in [0.4, 0.5) is 0 Å². The number of phenols is 1. The van der Waals surface area contributed by atoms with Crippen LogP contribution in [0.2, 0.25) is 0 Å². The van der Waals surface area contributed by atoms with Gasteiger partial charge in [-0.3, -0.25) is 0 Å². The molecule has 8 heteroatoms. The summed E-state index contributed by atoms with van der Waals surface area (Å²) >= 11 is 0. The second-order valence-corrected chi connectivity index (χ2v) is 8.01. The van der Waals surface area contributed by atoms with E-state index in [4.69, 9.17) is 28.4 Å². The molecule has 1 aliphatic carbocycles. The Morgan fingerprint density at radius 2 is 1.72 bits per heavy atom. The molecule has 0 unspecified atom stereocenters. The Bertz CT molecular complexity index is 895. The van der Waals surface area contributed by atoms with E-state index in [1.807, 2.05) is 13.0 Å². The minimum Gasteiger partial charge on any atom is -0.507 e. The summed E-state index contributed by atoms with van der Waals surface area (Å²) in [5.74, 6) is -2.65. The molecule has 2 aliphatic heterocycles. The van der Waals surface area contributed by atoms with E-state index in [1.54, 1.807) is 19.9 Å². The fraction of sp³-hybridized carbons (Fsp3) is 0.571. The smallest absolute Gasteiger partial charge is 0.343 e. The van der Waals surface area contributed by atoms with Crippen LogP contribution >= 0.6 is 0 Å². The summed E-state index contributed by atoms with van der Waals surface area (Å²) in [4.78, 5) is 12.7. The van der Waals surface area contributed by atoms with Crippen LogP contribution in [0, 0.1) is 0 Å². The van der Waals surface area contributed by atoms with Crippen LogP contribution in [0.5, 0.6) is 11.5 Å². The zero-order valence-corrected chi connectivity index (χ0v) is 17.4. The highest BCUT2D eigenvalue weighted by Gasteiger charge is 2.60. The van der Waals surface area contributed by atoms with Crippen molar-refractivity contribution < 1.29 is 38.3 Å². The zero-order chi connectivity index (χ0) is 21.2. The van der Waals surface area contributed by atoms with Crippen molar-refractivity contribution >= 4 is 11.5 Å². The molecule has 1 aromatic rings. The van der Waals surface area contributed by atoms with E-state index < -0.39 is 35.4 Å². The topological polar surface area (TPSA) is 92.7 Å². The van der Waals surface area contributed by atoms with Crippen molar-refractivity contribution in [1.82, 2.24) is 0 Å². The van der Waals surface area contributed by atoms with E-state index >= 15 is 0 Å². The second-order valence-electron chi connectivity index (χ2n) is 8.01. The van der Waals surface area contributed by atoms with Crippen LogP contribution in [0.1, 0.15) is 43.1 Å². The van der Waals surface area contributed by atoms with Gasteiger partial charge in [0.25, 0.3) is 0 Å². The van der Waals surface area contributed by atoms with Gasteiger partial charge in [0, 0.05) is 37.8 Å². The predicted molar refractivity (Wildman–Crippen MR) is 102 cm³/mol. The molecule has 0 bridgehead atoms. The Morgan fingerprint density at radius 3 is 2.34 bits per heavy atom. The maximum Gasteiger partial charge on any atom is 0.343 e. The van der Waals surface area contributed by atoms with Gasteiger partial charge in [0.15, 0.2) is 0 Å². The number of hydrogen-bond acceptors (Lipinski definition) is 8. The lowest BCUT2D eigenvalue weighted by molar-refractivity contribution is -0.445. The third-order valence-corrected chi connectivity index (χ3v) is 6.34. The quantitative estimate of drug-likeness (QED) is 0.766. The molecule has 158 valence electrons. The molecule has 0 aromatic heterocycles. The van der Waals surface area contributed by atoms with Crippen molar-refractivity contribution in [3.8, 4) is 11.5 Å². The molecule has 8 nitrogen and oxygen atoms in total. The molecule has 3 aliphatic rings. The van der Waals surface area contributed by atoms with E-state index in [0.29, 0.717) is 17.7 Å². The molecule has 1 fully saturated rings. The molecule has 2 heterocycles. The highest BCUT2D eigenvalue weighted by molar-refractivity contribution is 6.03.